The number of rotatable bonds is 5. The Labute approximate surface area is 108 Å². The first-order chi connectivity index (χ1) is 8.49. The second kappa shape index (κ2) is 6.40. The summed E-state index contributed by atoms with van der Waals surface area (Å²) < 4.78 is 5.70. The lowest BCUT2D eigenvalue weighted by Crippen LogP contribution is -2.36. The highest BCUT2D eigenvalue weighted by atomic mass is 16.5. The minimum atomic E-state index is -0.526. The molecule has 0 aliphatic rings. The third kappa shape index (κ3) is 3.47. The van der Waals surface area contributed by atoms with E-state index in [2.05, 4.69) is 5.32 Å². The normalized spacial score (nSPS) is 12.1. The van der Waals surface area contributed by atoms with Gasteiger partial charge in [0.1, 0.15) is 5.75 Å². The van der Waals surface area contributed by atoms with Crippen molar-refractivity contribution in [1.29, 1.82) is 0 Å². The van der Waals surface area contributed by atoms with Crippen LogP contribution in [0.5, 0.6) is 5.75 Å². The van der Waals surface area contributed by atoms with Crippen LogP contribution in [0.15, 0.2) is 12.1 Å². The van der Waals surface area contributed by atoms with Crippen LogP contribution >= 0.6 is 0 Å². The molecule has 18 heavy (non-hydrogen) atoms. The van der Waals surface area contributed by atoms with Gasteiger partial charge in [0.2, 0.25) is 0 Å². The van der Waals surface area contributed by atoms with Gasteiger partial charge in [-0.15, -0.1) is 0 Å². The van der Waals surface area contributed by atoms with Crippen LogP contribution in [0.2, 0.25) is 0 Å². The lowest BCUT2D eigenvalue weighted by molar-refractivity contribution is -0.127. The van der Waals surface area contributed by atoms with E-state index in [1.807, 2.05) is 32.9 Å². The Morgan fingerprint density at radius 1 is 1.39 bits per heavy atom. The van der Waals surface area contributed by atoms with Crippen LogP contribution in [0.25, 0.3) is 0 Å². The van der Waals surface area contributed by atoms with Gasteiger partial charge in [0.25, 0.3) is 5.91 Å². The maximum Gasteiger partial charge on any atom is 0.260 e. The first kappa shape index (κ1) is 14.5. The molecule has 0 saturated carbocycles. The zero-order valence-corrected chi connectivity index (χ0v) is 11.4. The number of ether oxygens (including phenoxy) is 1. The van der Waals surface area contributed by atoms with Crippen molar-refractivity contribution in [3.8, 4) is 5.75 Å². The molecule has 1 aromatic rings. The summed E-state index contributed by atoms with van der Waals surface area (Å²) >= 11 is 0. The molecule has 0 spiro atoms. The number of nitrogens with one attached hydrogen (secondary N) is 1. The molecule has 1 atom stereocenters. The zero-order chi connectivity index (χ0) is 13.7. The molecule has 2 N–H and O–H groups in total. The smallest absolute Gasteiger partial charge is 0.260 e. The van der Waals surface area contributed by atoms with Gasteiger partial charge in [0.15, 0.2) is 6.10 Å². The van der Waals surface area contributed by atoms with Crippen LogP contribution in [0, 0.1) is 13.8 Å². The number of carbonyl (C=O) groups excluding carboxylic acids is 1. The van der Waals surface area contributed by atoms with Gasteiger partial charge >= 0.3 is 0 Å². The van der Waals surface area contributed by atoms with Gasteiger partial charge in [-0.25, -0.2) is 0 Å². The Morgan fingerprint density at radius 2 is 1.94 bits per heavy atom. The first-order valence-corrected chi connectivity index (χ1v) is 6.15. The van der Waals surface area contributed by atoms with E-state index < -0.39 is 6.10 Å². The fraction of sp³-hybridized carbons (Fsp3) is 0.500. The number of benzene rings is 1. The van der Waals surface area contributed by atoms with Crippen LogP contribution in [0.1, 0.15) is 30.5 Å². The van der Waals surface area contributed by atoms with Crippen LogP contribution in [-0.2, 0) is 11.4 Å². The summed E-state index contributed by atoms with van der Waals surface area (Å²) in [5.41, 5.74) is 2.70. The molecule has 1 rings (SSSR count). The molecule has 4 nitrogen and oxygen atoms in total. The molecular weight excluding hydrogens is 230 g/mol. The predicted octanol–water partition coefficient (Wildman–Crippen LogP) is 1.70. The van der Waals surface area contributed by atoms with Crippen molar-refractivity contribution in [2.45, 2.75) is 40.4 Å². The molecule has 1 aromatic carbocycles. The molecule has 4 heteroatoms. The van der Waals surface area contributed by atoms with Crippen molar-refractivity contribution < 1.29 is 14.6 Å². The zero-order valence-electron chi connectivity index (χ0n) is 11.4. The van der Waals surface area contributed by atoms with Crippen molar-refractivity contribution in [2.24, 2.45) is 0 Å². The summed E-state index contributed by atoms with van der Waals surface area (Å²) in [6.07, 6.45) is -0.526. The molecule has 0 aromatic heterocycles. The standard InChI is InChI=1S/C14H21NO3/c1-5-15-14(17)11(4)18-13-9(2)6-12(8-16)7-10(13)3/h6-7,11,16H,5,8H2,1-4H3,(H,15,17). The lowest BCUT2D eigenvalue weighted by atomic mass is 10.1. The largest absolute Gasteiger partial charge is 0.480 e. The van der Waals surface area contributed by atoms with Gasteiger partial charge < -0.3 is 15.2 Å². The molecule has 100 valence electrons. The molecule has 0 saturated heterocycles. The summed E-state index contributed by atoms with van der Waals surface area (Å²) in [6.45, 7) is 8.01. The third-order valence-electron chi connectivity index (χ3n) is 2.72. The summed E-state index contributed by atoms with van der Waals surface area (Å²) in [6, 6.07) is 3.74. The maximum absolute atomic E-state index is 11.6. The topological polar surface area (TPSA) is 58.6 Å². The summed E-state index contributed by atoms with van der Waals surface area (Å²) in [5, 5.41) is 11.8. The Balaban J connectivity index is 2.88. The van der Waals surface area contributed by atoms with E-state index in [1.54, 1.807) is 6.92 Å². The Hall–Kier alpha value is -1.55. The fourth-order valence-electron chi connectivity index (χ4n) is 1.87. The van der Waals surface area contributed by atoms with E-state index in [-0.39, 0.29) is 12.5 Å². The molecule has 0 aliphatic heterocycles. The molecule has 0 radical (unpaired) electrons. The van der Waals surface area contributed by atoms with E-state index in [9.17, 15) is 4.79 Å². The SMILES string of the molecule is CCNC(=O)C(C)Oc1c(C)cc(CO)cc1C. The van der Waals surface area contributed by atoms with Gasteiger partial charge in [-0.05, 0) is 44.4 Å². The van der Waals surface area contributed by atoms with E-state index in [4.69, 9.17) is 9.84 Å². The predicted molar refractivity (Wildman–Crippen MR) is 70.6 cm³/mol. The molecule has 0 fully saturated rings. The quantitative estimate of drug-likeness (QED) is 0.837. The second-order valence-corrected chi connectivity index (χ2v) is 4.37. The minimum absolute atomic E-state index is 0.00777. The number of likely N-dealkylation sites (N-methyl/N-ethyl adjacent to an activating group) is 1. The van der Waals surface area contributed by atoms with E-state index in [1.165, 1.54) is 0 Å². The summed E-state index contributed by atoms with van der Waals surface area (Å²) in [5.74, 6) is 0.591. The number of hydrogen-bond donors (Lipinski definition) is 2. The van der Waals surface area contributed by atoms with Crippen LogP contribution in [0.3, 0.4) is 0 Å². The van der Waals surface area contributed by atoms with Crippen molar-refractivity contribution in [3.63, 3.8) is 0 Å². The molecule has 0 heterocycles. The number of hydrogen-bond acceptors (Lipinski definition) is 3. The first-order valence-electron chi connectivity index (χ1n) is 6.15. The summed E-state index contributed by atoms with van der Waals surface area (Å²) in [4.78, 5) is 11.6. The highest BCUT2D eigenvalue weighted by Crippen LogP contribution is 2.25. The van der Waals surface area contributed by atoms with Gasteiger partial charge in [-0.1, -0.05) is 12.1 Å². The minimum Gasteiger partial charge on any atom is -0.480 e. The monoisotopic (exact) mass is 251 g/mol. The number of aliphatic hydroxyl groups is 1. The van der Waals surface area contributed by atoms with E-state index in [0.29, 0.717) is 12.3 Å². The molecule has 1 amide bonds. The highest BCUT2D eigenvalue weighted by Gasteiger charge is 2.16. The van der Waals surface area contributed by atoms with Crippen molar-refractivity contribution in [1.82, 2.24) is 5.32 Å². The van der Waals surface area contributed by atoms with Crippen molar-refractivity contribution in [3.05, 3.63) is 28.8 Å². The number of aliphatic hydroxyl groups excluding tert-OH is 1. The van der Waals surface area contributed by atoms with Gasteiger partial charge in [0, 0.05) is 6.54 Å². The fourth-order valence-corrected chi connectivity index (χ4v) is 1.87. The van der Waals surface area contributed by atoms with Crippen molar-refractivity contribution in [2.75, 3.05) is 6.54 Å². The highest BCUT2D eigenvalue weighted by molar-refractivity contribution is 5.80. The molecule has 0 aliphatic carbocycles. The Morgan fingerprint density at radius 3 is 2.39 bits per heavy atom. The average Bonchev–Trinajstić information content (AvgIpc) is 2.33. The van der Waals surface area contributed by atoms with E-state index >= 15 is 0 Å². The number of aryl methyl sites for hydroxylation is 2. The maximum atomic E-state index is 11.6. The Bertz CT molecular complexity index is 406. The van der Waals surface area contributed by atoms with E-state index in [0.717, 1.165) is 16.7 Å². The van der Waals surface area contributed by atoms with Crippen LogP contribution < -0.4 is 10.1 Å². The van der Waals surface area contributed by atoms with Gasteiger partial charge in [-0.3, -0.25) is 4.79 Å². The Kier molecular flexibility index (Phi) is 5.16. The molecule has 0 bridgehead atoms. The summed E-state index contributed by atoms with van der Waals surface area (Å²) in [7, 11) is 0. The second-order valence-electron chi connectivity index (χ2n) is 4.37. The number of carbonyl (C=O) groups is 1. The molecular formula is C14H21NO3. The van der Waals surface area contributed by atoms with Crippen LogP contribution in [-0.4, -0.2) is 23.7 Å². The number of amides is 1. The van der Waals surface area contributed by atoms with Gasteiger partial charge in [-0.2, -0.15) is 0 Å². The third-order valence-corrected chi connectivity index (χ3v) is 2.72. The molecule has 1 unspecified atom stereocenters. The van der Waals surface area contributed by atoms with Gasteiger partial charge in [0.05, 0.1) is 6.61 Å². The average molecular weight is 251 g/mol. The lowest BCUT2D eigenvalue weighted by Gasteiger charge is -2.18. The van der Waals surface area contributed by atoms with Crippen molar-refractivity contribution >= 4 is 5.91 Å². The van der Waals surface area contributed by atoms with Crippen LogP contribution in [0.4, 0.5) is 0 Å².